The standard InChI is InChI=1S/C12H19N3O2/c1-8-11(9(2)14-13-8)6-12(17)15-5-3-4-10(15)7-16/h10,16H,3-7H2,1-2H3,(H,13,14)/t10-/m1/s1. The van der Waals surface area contributed by atoms with Gasteiger partial charge in [-0.15, -0.1) is 0 Å². The molecule has 0 saturated carbocycles. The van der Waals surface area contributed by atoms with E-state index in [0.29, 0.717) is 6.42 Å². The summed E-state index contributed by atoms with van der Waals surface area (Å²) >= 11 is 0. The topological polar surface area (TPSA) is 69.2 Å². The molecule has 0 aliphatic carbocycles. The molecule has 1 aromatic rings. The highest BCUT2D eigenvalue weighted by molar-refractivity contribution is 5.79. The molecule has 1 saturated heterocycles. The number of aromatic nitrogens is 2. The van der Waals surface area contributed by atoms with Crippen LogP contribution in [0.15, 0.2) is 0 Å². The lowest BCUT2D eigenvalue weighted by Gasteiger charge is -2.23. The van der Waals surface area contributed by atoms with Gasteiger partial charge < -0.3 is 10.0 Å². The van der Waals surface area contributed by atoms with Gasteiger partial charge in [-0.2, -0.15) is 5.10 Å². The van der Waals surface area contributed by atoms with E-state index >= 15 is 0 Å². The minimum atomic E-state index is 0.00927. The number of hydrogen-bond acceptors (Lipinski definition) is 3. The predicted octanol–water partition coefficient (Wildman–Crippen LogP) is 0.552. The van der Waals surface area contributed by atoms with Crippen molar-refractivity contribution in [3.05, 3.63) is 17.0 Å². The first kappa shape index (κ1) is 12.1. The van der Waals surface area contributed by atoms with Crippen LogP contribution in [0.5, 0.6) is 0 Å². The summed E-state index contributed by atoms with van der Waals surface area (Å²) in [5.74, 6) is 0.0918. The SMILES string of the molecule is Cc1n[nH]c(C)c1CC(=O)N1CCC[C@@H]1CO. The summed E-state index contributed by atoms with van der Waals surface area (Å²) in [6.07, 6.45) is 2.27. The first-order valence-corrected chi connectivity index (χ1v) is 6.04. The van der Waals surface area contributed by atoms with Gasteiger partial charge in [0.2, 0.25) is 5.91 Å². The Morgan fingerprint density at radius 3 is 2.94 bits per heavy atom. The summed E-state index contributed by atoms with van der Waals surface area (Å²) in [4.78, 5) is 14.0. The Balaban J connectivity index is 2.07. The summed E-state index contributed by atoms with van der Waals surface area (Å²) in [6.45, 7) is 4.66. The van der Waals surface area contributed by atoms with Crippen LogP contribution in [0.4, 0.5) is 0 Å². The summed E-state index contributed by atoms with van der Waals surface area (Å²) in [5.41, 5.74) is 2.82. The van der Waals surface area contributed by atoms with Gasteiger partial charge >= 0.3 is 0 Å². The van der Waals surface area contributed by atoms with E-state index in [-0.39, 0.29) is 18.6 Å². The van der Waals surface area contributed by atoms with Crippen LogP contribution in [0.2, 0.25) is 0 Å². The molecule has 0 spiro atoms. The number of aromatic amines is 1. The number of nitrogens with one attached hydrogen (secondary N) is 1. The molecule has 1 aromatic heterocycles. The van der Waals surface area contributed by atoms with Gasteiger partial charge in [0.25, 0.3) is 0 Å². The predicted molar refractivity (Wildman–Crippen MR) is 63.6 cm³/mol. The van der Waals surface area contributed by atoms with E-state index in [2.05, 4.69) is 10.2 Å². The molecule has 1 aliphatic heterocycles. The quantitative estimate of drug-likeness (QED) is 0.806. The van der Waals surface area contributed by atoms with Gasteiger partial charge in [-0.3, -0.25) is 9.89 Å². The number of carbonyl (C=O) groups is 1. The number of aryl methyl sites for hydroxylation is 2. The molecule has 2 N–H and O–H groups in total. The van der Waals surface area contributed by atoms with Crippen LogP contribution in [0.3, 0.4) is 0 Å². The van der Waals surface area contributed by atoms with E-state index in [1.807, 2.05) is 13.8 Å². The number of aliphatic hydroxyl groups is 1. The molecule has 94 valence electrons. The molecule has 2 heterocycles. The third-order valence-corrected chi connectivity index (χ3v) is 3.52. The van der Waals surface area contributed by atoms with Crippen LogP contribution >= 0.6 is 0 Å². The molecule has 1 fully saturated rings. The van der Waals surface area contributed by atoms with Crippen LogP contribution in [-0.4, -0.2) is 45.3 Å². The van der Waals surface area contributed by atoms with Gasteiger partial charge in [0.05, 0.1) is 24.8 Å². The van der Waals surface area contributed by atoms with Crippen molar-refractivity contribution >= 4 is 5.91 Å². The van der Waals surface area contributed by atoms with Gasteiger partial charge in [0, 0.05) is 17.8 Å². The summed E-state index contributed by atoms with van der Waals surface area (Å²) in [6, 6.07) is 0.00927. The lowest BCUT2D eigenvalue weighted by atomic mass is 10.1. The fourth-order valence-corrected chi connectivity index (χ4v) is 2.44. The van der Waals surface area contributed by atoms with Gasteiger partial charge in [-0.05, 0) is 26.7 Å². The van der Waals surface area contributed by atoms with Crippen LogP contribution in [-0.2, 0) is 11.2 Å². The van der Waals surface area contributed by atoms with E-state index < -0.39 is 0 Å². The monoisotopic (exact) mass is 237 g/mol. The maximum atomic E-state index is 12.2. The van der Waals surface area contributed by atoms with Gasteiger partial charge in [-0.1, -0.05) is 0 Å². The first-order chi connectivity index (χ1) is 8.13. The molecule has 0 unspecified atom stereocenters. The van der Waals surface area contributed by atoms with Gasteiger partial charge in [-0.25, -0.2) is 0 Å². The number of hydrogen-bond donors (Lipinski definition) is 2. The zero-order valence-corrected chi connectivity index (χ0v) is 10.4. The number of amides is 1. The second kappa shape index (κ2) is 4.87. The van der Waals surface area contributed by atoms with Crippen molar-refractivity contribution in [3.8, 4) is 0 Å². The largest absolute Gasteiger partial charge is 0.394 e. The molecule has 1 aliphatic rings. The van der Waals surface area contributed by atoms with Crippen LogP contribution in [0, 0.1) is 13.8 Å². The zero-order valence-electron chi connectivity index (χ0n) is 10.4. The lowest BCUT2D eigenvalue weighted by Crippen LogP contribution is -2.38. The Kier molecular flexibility index (Phi) is 3.47. The fourth-order valence-electron chi connectivity index (χ4n) is 2.44. The minimum Gasteiger partial charge on any atom is -0.394 e. The van der Waals surface area contributed by atoms with Crippen molar-refractivity contribution in [2.45, 2.75) is 39.2 Å². The van der Waals surface area contributed by atoms with Crippen molar-refractivity contribution < 1.29 is 9.90 Å². The maximum absolute atomic E-state index is 12.2. The maximum Gasteiger partial charge on any atom is 0.227 e. The molecule has 17 heavy (non-hydrogen) atoms. The Morgan fingerprint density at radius 1 is 1.59 bits per heavy atom. The summed E-state index contributed by atoms with van der Waals surface area (Å²) in [7, 11) is 0. The molecule has 1 atom stereocenters. The summed E-state index contributed by atoms with van der Waals surface area (Å²) in [5, 5.41) is 16.2. The third-order valence-electron chi connectivity index (χ3n) is 3.52. The van der Waals surface area contributed by atoms with E-state index in [1.165, 1.54) is 0 Å². The summed E-state index contributed by atoms with van der Waals surface area (Å²) < 4.78 is 0. The molecule has 0 aromatic carbocycles. The smallest absolute Gasteiger partial charge is 0.227 e. The Labute approximate surface area is 101 Å². The number of nitrogens with zero attached hydrogens (tertiary/aromatic N) is 2. The number of likely N-dealkylation sites (tertiary alicyclic amines) is 1. The molecule has 0 bridgehead atoms. The highest BCUT2D eigenvalue weighted by atomic mass is 16.3. The minimum absolute atomic E-state index is 0.00927. The van der Waals surface area contributed by atoms with Crippen LogP contribution < -0.4 is 0 Å². The Morgan fingerprint density at radius 2 is 2.35 bits per heavy atom. The molecule has 5 heteroatoms. The number of aliphatic hydroxyl groups excluding tert-OH is 1. The molecule has 0 radical (unpaired) electrons. The highest BCUT2D eigenvalue weighted by Gasteiger charge is 2.28. The average molecular weight is 237 g/mol. The van der Waals surface area contributed by atoms with Crippen LogP contribution in [0.25, 0.3) is 0 Å². The molecule has 5 nitrogen and oxygen atoms in total. The van der Waals surface area contributed by atoms with E-state index in [1.54, 1.807) is 4.90 Å². The molecular formula is C12H19N3O2. The van der Waals surface area contributed by atoms with E-state index in [0.717, 1.165) is 36.3 Å². The number of rotatable bonds is 3. The average Bonchev–Trinajstić information content (AvgIpc) is 2.90. The van der Waals surface area contributed by atoms with Crippen molar-refractivity contribution in [2.75, 3.05) is 13.2 Å². The third kappa shape index (κ3) is 2.34. The fraction of sp³-hybridized carbons (Fsp3) is 0.667. The van der Waals surface area contributed by atoms with Crippen molar-refractivity contribution in [3.63, 3.8) is 0 Å². The second-order valence-electron chi connectivity index (χ2n) is 4.66. The highest BCUT2D eigenvalue weighted by Crippen LogP contribution is 2.19. The van der Waals surface area contributed by atoms with Gasteiger partial charge in [0.15, 0.2) is 0 Å². The normalized spacial score (nSPS) is 19.9. The van der Waals surface area contributed by atoms with Crippen LogP contribution in [0.1, 0.15) is 29.8 Å². The molecule has 1 amide bonds. The number of carbonyl (C=O) groups excluding carboxylic acids is 1. The van der Waals surface area contributed by atoms with E-state index in [9.17, 15) is 9.90 Å². The number of H-pyrrole nitrogens is 1. The van der Waals surface area contributed by atoms with E-state index in [4.69, 9.17) is 0 Å². The second-order valence-corrected chi connectivity index (χ2v) is 4.66. The Bertz CT molecular complexity index is 394. The van der Waals surface area contributed by atoms with Crippen molar-refractivity contribution in [1.82, 2.24) is 15.1 Å². The molecule has 2 rings (SSSR count). The first-order valence-electron chi connectivity index (χ1n) is 6.04. The van der Waals surface area contributed by atoms with Crippen molar-refractivity contribution in [2.24, 2.45) is 0 Å². The Hall–Kier alpha value is -1.36. The lowest BCUT2D eigenvalue weighted by molar-refractivity contribution is -0.132. The van der Waals surface area contributed by atoms with Gasteiger partial charge in [0.1, 0.15) is 0 Å². The van der Waals surface area contributed by atoms with Crippen molar-refractivity contribution in [1.29, 1.82) is 0 Å². The zero-order chi connectivity index (χ0) is 12.4. The molecular weight excluding hydrogens is 218 g/mol.